The minimum Gasteiger partial charge on any atom is -0.396 e. The van der Waals surface area contributed by atoms with Crippen LogP contribution in [-0.4, -0.2) is 0 Å². The molecule has 5 heteroatoms. The number of halogens is 3. The van der Waals surface area contributed by atoms with Crippen LogP contribution in [-0.2, 0) is 5.75 Å². The Balaban J connectivity index is 2.06. The summed E-state index contributed by atoms with van der Waals surface area (Å²) in [7, 11) is 0. The smallest absolute Gasteiger partial charge is 0.147 e. The predicted molar refractivity (Wildman–Crippen MR) is 71.8 cm³/mol. The zero-order valence-corrected chi connectivity index (χ0v) is 10.9. The Bertz CT molecular complexity index is 523. The van der Waals surface area contributed by atoms with E-state index in [0.717, 1.165) is 10.5 Å². The van der Waals surface area contributed by atoms with E-state index in [2.05, 4.69) is 0 Å². The van der Waals surface area contributed by atoms with Gasteiger partial charge in [-0.3, -0.25) is 0 Å². The van der Waals surface area contributed by atoms with Crippen LogP contribution in [0.1, 0.15) is 5.56 Å². The van der Waals surface area contributed by atoms with Crippen LogP contribution in [0.4, 0.5) is 14.5 Å². The Morgan fingerprint density at radius 3 is 2.50 bits per heavy atom. The largest absolute Gasteiger partial charge is 0.396 e. The van der Waals surface area contributed by atoms with Gasteiger partial charge in [-0.1, -0.05) is 17.7 Å². The van der Waals surface area contributed by atoms with Crippen molar-refractivity contribution in [3.8, 4) is 0 Å². The molecule has 2 aromatic rings. The number of hydrogen-bond donors (Lipinski definition) is 1. The van der Waals surface area contributed by atoms with Gasteiger partial charge < -0.3 is 5.73 Å². The maximum Gasteiger partial charge on any atom is 0.147 e. The van der Waals surface area contributed by atoms with E-state index in [9.17, 15) is 8.78 Å². The Labute approximate surface area is 113 Å². The molecule has 0 radical (unpaired) electrons. The predicted octanol–water partition coefficient (Wildman–Crippen LogP) is 4.49. The van der Waals surface area contributed by atoms with Crippen molar-refractivity contribution in [3.63, 3.8) is 0 Å². The summed E-state index contributed by atoms with van der Waals surface area (Å²) in [6, 6.07) is 9.19. The van der Waals surface area contributed by atoms with Gasteiger partial charge in [0.15, 0.2) is 0 Å². The number of rotatable bonds is 3. The Morgan fingerprint density at radius 1 is 1.06 bits per heavy atom. The normalized spacial score (nSPS) is 10.6. The van der Waals surface area contributed by atoms with Crippen LogP contribution in [0.15, 0.2) is 41.3 Å². The van der Waals surface area contributed by atoms with Crippen molar-refractivity contribution in [2.75, 3.05) is 5.73 Å². The van der Waals surface area contributed by atoms with Gasteiger partial charge in [0.2, 0.25) is 0 Å². The molecule has 2 rings (SSSR count). The zero-order chi connectivity index (χ0) is 13.1. The summed E-state index contributed by atoms with van der Waals surface area (Å²) in [4.78, 5) is 0.766. The van der Waals surface area contributed by atoms with Gasteiger partial charge in [0, 0.05) is 10.6 Å². The molecule has 2 aromatic carbocycles. The highest BCUT2D eigenvalue weighted by molar-refractivity contribution is 7.98. The van der Waals surface area contributed by atoms with E-state index in [-0.39, 0.29) is 10.7 Å². The standard InChI is InChI=1S/C13H10ClF2NS/c14-10-5-8(1-3-11(10)15)7-18-9-2-4-13(17)12(16)6-9/h1-6H,7,17H2. The quantitative estimate of drug-likeness (QED) is 0.664. The molecule has 0 aliphatic carbocycles. The molecule has 0 amide bonds. The van der Waals surface area contributed by atoms with Crippen molar-refractivity contribution in [1.29, 1.82) is 0 Å². The van der Waals surface area contributed by atoms with Crippen LogP contribution in [0.3, 0.4) is 0 Å². The summed E-state index contributed by atoms with van der Waals surface area (Å²) >= 11 is 7.12. The van der Waals surface area contributed by atoms with Crippen LogP contribution in [0.2, 0.25) is 5.02 Å². The van der Waals surface area contributed by atoms with Gasteiger partial charge >= 0.3 is 0 Å². The second kappa shape index (κ2) is 5.59. The average Bonchev–Trinajstić information content (AvgIpc) is 2.35. The van der Waals surface area contributed by atoms with Gasteiger partial charge in [-0.25, -0.2) is 8.78 Å². The van der Waals surface area contributed by atoms with E-state index in [1.165, 1.54) is 30.0 Å². The third-order valence-electron chi connectivity index (χ3n) is 2.36. The highest BCUT2D eigenvalue weighted by Gasteiger charge is 2.04. The molecule has 0 fully saturated rings. The monoisotopic (exact) mass is 285 g/mol. The number of hydrogen-bond acceptors (Lipinski definition) is 2. The molecule has 0 atom stereocenters. The zero-order valence-electron chi connectivity index (χ0n) is 9.29. The van der Waals surface area contributed by atoms with Crippen LogP contribution >= 0.6 is 23.4 Å². The van der Waals surface area contributed by atoms with E-state index in [4.69, 9.17) is 17.3 Å². The second-order valence-electron chi connectivity index (χ2n) is 3.72. The van der Waals surface area contributed by atoms with Crippen molar-refractivity contribution >= 4 is 29.1 Å². The number of benzene rings is 2. The van der Waals surface area contributed by atoms with Crippen LogP contribution in [0, 0.1) is 11.6 Å². The Hall–Kier alpha value is -1.26. The molecule has 0 aromatic heterocycles. The van der Waals surface area contributed by atoms with E-state index in [0.29, 0.717) is 5.75 Å². The number of thioether (sulfide) groups is 1. The molecular weight excluding hydrogens is 276 g/mol. The van der Waals surface area contributed by atoms with Crippen molar-refractivity contribution in [3.05, 3.63) is 58.6 Å². The summed E-state index contributed by atoms with van der Waals surface area (Å²) in [5.74, 6) is -0.287. The van der Waals surface area contributed by atoms with Gasteiger partial charge in [0.1, 0.15) is 11.6 Å². The third kappa shape index (κ3) is 3.15. The minimum atomic E-state index is -0.441. The van der Waals surface area contributed by atoms with Crippen LogP contribution in [0.25, 0.3) is 0 Å². The van der Waals surface area contributed by atoms with Gasteiger partial charge in [-0.05, 0) is 35.9 Å². The molecule has 0 heterocycles. The van der Waals surface area contributed by atoms with Gasteiger partial charge in [0.05, 0.1) is 10.7 Å². The lowest BCUT2D eigenvalue weighted by Gasteiger charge is -2.04. The lowest BCUT2D eigenvalue weighted by atomic mass is 10.2. The fourth-order valence-corrected chi connectivity index (χ4v) is 2.46. The average molecular weight is 286 g/mol. The first-order valence-electron chi connectivity index (χ1n) is 5.18. The topological polar surface area (TPSA) is 26.0 Å². The van der Waals surface area contributed by atoms with Crippen molar-refractivity contribution in [2.45, 2.75) is 10.6 Å². The van der Waals surface area contributed by atoms with E-state index >= 15 is 0 Å². The molecule has 0 spiro atoms. The maximum atomic E-state index is 13.2. The molecular formula is C13H10ClF2NS. The molecule has 94 valence electrons. The molecule has 0 aliphatic heterocycles. The fraction of sp³-hybridized carbons (Fsp3) is 0.0769. The van der Waals surface area contributed by atoms with Crippen molar-refractivity contribution < 1.29 is 8.78 Å². The maximum absolute atomic E-state index is 13.2. The van der Waals surface area contributed by atoms with Crippen molar-refractivity contribution in [2.24, 2.45) is 0 Å². The molecule has 0 saturated heterocycles. The number of anilines is 1. The summed E-state index contributed by atoms with van der Waals surface area (Å²) < 4.78 is 26.2. The van der Waals surface area contributed by atoms with Gasteiger partial charge in [0.25, 0.3) is 0 Å². The first kappa shape index (κ1) is 13.2. The number of nitrogen functional groups attached to an aromatic ring is 1. The Kier molecular flexibility index (Phi) is 4.09. The molecule has 18 heavy (non-hydrogen) atoms. The summed E-state index contributed by atoms with van der Waals surface area (Å²) in [6.07, 6.45) is 0. The Morgan fingerprint density at radius 2 is 1.83 bits per heavy atom. The minimum absolute atomic E-state index is 0.0941. The van der Waals surface area contributed by atoms with Gasteiger partial charge in [-0.15, -0.1) is 11.8 Å². The van der Waals surface area contributed by atoms with E-state index in [1.807, 2.05) is 0 Å². The molecule has 0 aliphatic rings. The van der Waals surface area contributed by atoms with E-state index < -0.39 is 11.6 Å². The molecule has 0 unspecified atom stereocenters. The van der Waals surface area contributed by atoms with E-state index in [1.54, 1.807) is 18.2 Å². The first-order valence-corrected chi connectivity index (χ1v) is 6.54. The van der Waals surface area contributed by atoms with Crippen molar-refractivity contribution in [1.82, 2.24) is 0 Å². The van der Waals surface area contributed by atoms with Crippen LogP contribution < -0.4 is 5.73 Å². The fourth-order valence-electron chi connectivity index (χ4n) is 1.39. The van der Waals surface area contributed by atoms with Gasteiger partial charge in [-0.2, -0.15) is 0 Å². The van der Waals surface area contributed by atoms with Crippen LogP contribution in [0.5, 0.6) is 0 Å². The molecule has 2 N–H and O–H groups in total. The second-order valence-corrected chi connectivity index (χ2v) is 5.18. The summed E-state index contributed by atoms with van der Waals surface area (Å²) in [6.45, 7) is 0. The highest BCUT2D eigenvalue weighted by Crippen LogP contribution is 2.26. The SMILES string of the molecule is Nc1ccc(SCc2ccc(F)c(Cl)c2)cc1F. The third-order valence-corrected chi connectivity index (χ3v) is 3.72. The molecule has 0 bridgehead atoms. The molecule has 1 nitrogen and oxygen atoms in total. The first-order chi connectivity index (χ1) is 8.56. The lowest BCUT2D eigenvalue weighted by Crippen LogP contribution is -1.90. The highest BCUT2D eigenvalue weighted by atomic mass is 35.5. The lowest BCUT2D eigenvalue weighted by molar-refractivity contribution is 0.628. The summed E-state index contributed by atoms with van der Waals surface area (Å²) in [5, 5.41) is 0.0941. The summed E-state index contributed by atoms with van der Waals surface area (Å²) in [5.41, 5.74) is 6.40. The number of nitrogens with two attached hydrogens (primary N) is 1. The molecule has 0 saturated carbocycles.